The number of hydrogen-bond acceptors (Lipinski definition) is 5. The summed E-state index contributed by atoms with van der Waals surface area (Å²) in [6.07, 6.45) is 0.656. The molecule has 3 heterocycles. The minimum Gasteiger partial charge on any atom is -0.497 e. The van der Waals surface area contributed by atoms with Gasteiger partial charge in [-0.1, -0.05) is 24.3 Å². The highest BCUT2D eigenvalue weighted by Gasteiger charge is 2.22. The average molecular weight is 360 g/mol. The number of rotatable bonds is 4. The Labute approximate surface area is 154 Å². The van der Waals surface area contributed by atoms with E-state index in [1.165, 1.54) is 11.1 Å². The lowest BCUT2D eigenvalue weighted by Crippen LogP contribution is -1.98. The lowest BCUT2D eigenvalue weighted by molar-refractivity contribution is 0.415. The Kier molecular flexibility index (Phi) is 3.57. The number of ether oxygens (including phenoxy) is 1. The van der Waals surface area contributed by atoms with E-state index < -0.39 is 0 Å². The third kappa shape index (κ3) is 2.59. The maximum Gasteiger partial charge on any atom is 0.159 e. The van der Waals surface area contributed by atoms with Gasteiger partial charge in [0, 0.05) is 16.5 Å². The molecule has 1 aliphatic rings. The fourth-order valence-corrected chi connectivity index (χ4v) is 4.03. The zero-order valence-corrected chi connectivity index (χ0v) is 15.0. The first-order chi connectivity index (χ1) is 12.8. The summed E-state index contributed by atoms with van der Waals surface area (Å²) in [5.41, 5.74) is 4.53. The van der Waals surface area contributed by atoms with Crippen LogP contribution in [0.4, 0.5) is 0 Å². The predicted molar refractivity (Wildman–Crippen MR) is 101 cm³/mol. The molecule has 0 spiro atoms. The molecule has 5 nitrogen and oxygen atoms in total. The summed E-state index contributed by atoms with van der Waals surface area (Å²) in [7, 11) is 1.67. The summed E-state index contributed by atoms with van der Waals surface area (Å²) in [5, 5.41) is 7.76. The van der Waals surface area contributed by atoms with Crippen LogP contribution < -0.4 is 4.74 Å². The van der Waals surface area contributed by atoms with Crippen LogP contribution in [0.3, 0.4) is 0 Å². The van der Waals surface area contributed by atoms with E-state index in [1.54, 1.807) is 18.4 Å². The molecule has 4 aromatic rings. The SMILES string of the molecule is COc1ccc(-c2csc(Cc3nc4n(n3)Cc3ccccc3-4)n2)cc1. The molecule has 6 heteroatoms. The van der Waals surface area contributed by atoms with Crippen LogP contribution in [0, 0.1) is 0 Å². The Hall–Kier alpha value is -2.99. The number of hydrogen-bond donors (Lipinski definition) is 0. The third-order valence-electron chi connectivity index (χ3n) is 4.54. The van der Waals surface area contributed by atoms with E-state index in [0.717, 1.165) is 40.2 Å². The van der Waals surface area contributed by atoms with Crippen LogP contribution >= 0.6 is 11.3 Å². The molecule has 0 amide bonds. The van der Waals surface area contributed by atoms with Crippen molar-refractivity contribution >= 4 is 11.3 Å². The highest BCUT2D eigenvalue weighted by atomic mass is 32.1. The Morgan fingerprint density at radius 2 is 1.92 bits per heavy atom. The lowest BCUT2D eigenvalue weighted by atomic mass is 10.1. The van der Waals surface area contributed by atoms with Crippen LogP contribution in [0.5, 0.6) is 5.75 Å². The zero-order chi connectivity index (χ0) is 17.5. The third-order valence-corrected chi connectivity index (χ3v) is 5.39. The topological polar surface area (TPSA) is 52.8 Å². The summed E-state index contributed by atoms with van der Waals surface area (Å²) in [4.78, 5) is 9.48. The lowest BCUT2D eigenvalue weighted by Gasteiger charge is -2.00. The van der Waals surface area contributed by atoms with Gasteiger partial charge in [0.25, 0.3) is 0 Å². The highest BCUT2D eigenvalue weighted by Crippen LogP contribution is 2.30. The summed E-state index contributed by atoms with van der Waals surface area (Å²) in [6, 6.07) is 16.3. The van der Waals surface area contributed by atoms with Crippen molar-refractivity contribution in [1.29, 1.82) is 0 Å². The molecule has 128 valence electrons. The van der Waals surface area contributed by atoms with Gasteiger partial charge in [-0.25, -0.2) is 14.6 Å². The van der Waals surface area contributed by atoms with Crippen molar-refractivity contribution in [3.63, 3.8) is 0 Å². The van der Waals surface area contributed by atoms with Crippen LogP contribution in [0.25, 0.3) is 22.6 Å². The van der Waals surface area contributed by atoms with E-state index in [9.17, 15) is 0 Å². The van der Waals surface area contributed by atoms with Crippen molar-refractivity contribution in [3.05, 3.63) is 70.3 Å². The van der Waals surface area contributed by atoms with Crippen LogP contribution in [0.2, 0.25) is 0 Å². The second kappa shape index (κ2) is 6.07. The van der Waals surface area contributed by atoms with E-state index >= 15 is 0 Å². The van der Waals surface area contributed by atoms with Gasteiger partial charge in [-0.15, -0.1) is 11.3 Å². The summed E-state index contributed by atoms with van der Waals surface area (Å²) in [6.45, 7) is 0.799. The van der Waals surface area contributed by atoms with Gasteiger partial charge >= 0.3 is 0 Å². The second-order valence-electron chi connectivity index (χ2n) is 6.20. The van der Waals surface area contributed by atoms with E-state index in [4.69, 9.17) is 14.7 Å². The van der Waals surface area contributed by atoms with Gasteiger partial charge in [-0.05, 0) is 29.8 Å². The molecule has 2 aromatic heterocycles. The van der Waals surface area contributed by atoms with Crippen molar-refractivity contribution in [2.24, 2.45) is 0 Å². The minimum atomic E-state index is 0.656. The second-order valence-corrected chi connectivity index (χ2v) is 7.14. The molecule has 0 aliphatic carbocycles. The van der Waals surface area contributed by atoms with E-state index in [2.05, 4.69) is 28.7 Å². The first kappa shape index (κ1) is 15.3. The van der Waals surface area contributed by atoms with Crippen molar-refractivity contribution in [2.45, 2.75) is 13.0 Å². The Morgan fingerprint density at radius 3 is 2.77 bits per heavy atom. The Bertz CT molecular complexity index is 1080. The largest absolute Gasteiger partial charge is 0.497 e. The normalized spacial score (nSPS) is 12.0. The van der Waals surface area contributed by atoms with Gasteiger partial charge in [0.05, 0.1) is 25.8 Å². The Balaban J connectivity index is 1.38. The van der Waals surface area contributed by atoms with Crippen molar-refractivity contribution in [1.82, 2.24) is 19.7 Å². The van der Waals surface area contributed by atoms with Crippen LogP contribution in [0.1, 0.15) is 16.4 Å². The fraction of sp³-hybridized carbons (Fsp3) is 0.150. The molecule has 1 aliphatic heterocycles. The van der Waals surface area contributed by atoms with Gasteiger partial charge in [-0.2, -0.15) is 5.10 Å². The van der Waals surface area contributed by atoms with Gasteiger partial charge in [0.15, 0.2) is 11.6 Å². The van der Waals surface area contributed by atoms with Crippen LogP contribution in [-0.4, -0.2) is 26.9 Å². The number of methoxy groups -OCH3 is 1. The first-order valence-corrected chi connectivity index (χ1v) is 9.29. The molecule has 2 aromatic carbocycles. The smallest absolute Gasteiger partial charge is 0.159 e. The average Bonchev–Trinajstić information content (AvgIpc) is 3.37. The summed E-state index contributed by atoms with van der Waals surface area (Å²) in [5.74, 6) is 2.63. The molecule has 0 fully saturated rings. The van der Waals surface area contributed by atoms with Crippen LogP contribution in [-0.2, 0) is 13.0 Å². The maximum atomic E-state index is 5.21. The molecule has 0 radical (unpaired) electrons. The van der Waals surface area contributed by atoms with Crippen molar-refractivity contribution in [2.75, 3.05) is 7.11 Å². The molecule has 5 rings (SSSR count). The minimum absolute atomic E-state index is 0.656. The molecule has 26 heavy (non-hydrogen) atoms. The van der Waals surface area contributed by atoms with Gasteiger partial charge < -0.3 is 4.74 Å². The van der Waals surface area contributed by atoms with E-state index in [-0.39, 0.29) is 0 Å². The molecule has 0 atom stereocenters. The quantitative estimate of drug-likeness (QED) is 0.486. The monoisotopic (exact) mass is 360 g/mol. The van der Waals surface area contributed by atoms with Gasteiger partial charge in [0.2, 0.25) is 0 Å². The van der Waals surface area contributed by atoms with E-state index in [0.29, 0.717) is 6.42 Å². The molecule has 0 N–H and O–H groups in total. The predicted octanol–water partition coefficient (Wildman–Crippen LogP) is 4.03. The zero-order valence-electron chi connectivity index (χ0n) is 14.2. The summed E-state index contributed by atoms with van der Waals surface area (Å²) >= 11 is 1.64. The number of benzene rings is 2. The number of thiazole rings is 1. The standard InChI is InChI=1S/C20H16N4OS/c1-25-15-8-6-13(7-9-15)17-12-26-19(21-17)10-18-22-20-16-5-3-2-4-14(16)11-24(20)23-18/h2-9,12H,10-11H2,1H3. The molecular formula is C20H16N4OS. The number of aromatic nitrogens is 4. The molecule has 0 saturated carbocycles. The van der Waals surface area contributed by atoms with Gasteiger partial charge in [-0.3, -0.25) is 0 Å². The molecule has 0 saturated heterocycles. The molecular weight excluding hydrogens is 344 g/mol. The number of fused-ring (bicyclic) bond motifs is 3. The molecule has 0 unspecified atom stereocenters. The van der Waals surface area contributed by atoms with Crippen molar-refractivity contribution in [3.8, 4) is 28.4 Å². The van der Waals surface area contributed by atoms with E-state index in [1.807, 2.05) is 35.0 Å². The summed E-state index contributed by atoms with van der Waals surface area (Å²) < 4.78 is 7.19. The Morgan fingerprint density at radius 1 is 1.08 bits per heavy atom. The first-order valence-electron chi connectivity index (χ1n) is 8.41. The van der Waals surface area contributed by atoms with Crippen molar-refractivity contribution < 1.29 is 4.74 Å². The van der Waals surface area contributed by atoms with Crippen LogP contribution in [0.15, 0.2) is 53.9 Å². The molecule has 0 bridgehead atoms. The highest BCUT2D eigenvalue weighted by molar-refractivity contribution is 7.10. The number of nitrogens with zero attached hydrogens (tertiary/aromatic N) is 4. The van der Waals surface area contributed by atoms with Gasteiger partial charge in [0.1, 0.15) is 10.8 Å². The fourth-order valence-electron chi connectivity index (χ4n) is 3.23. The maximum absolute atomic E-state index is 5.21.